The summed E-state index contributed by atoms with van der Waals surface area (Å²) in [5, 5.41) is 7.49. The van der Waals surface area contributed by atoms with E-state index in [2.05, 4.69) is 15.5 Å². The van der Waals surface area contributed by atoms with Crippen LogP contribution in [0.5, 0.6) is 5.75 Å². The number of rotatable bonds is 8. The average molecular weight is 399 g/mol. The van der Waals surface area contributed by atoms with E-state index in [0.717, 1.165) is 50.1 Å². The van der Waals surface area contributed by atoms with Crippen molar-refractivity contribution < 1.29 is 14.1 Å². The molecule has 2 fully saturated rings. The molecule has 0 radical (unpaired) electrons. The second-order valence-corrected chi connectivity index (χ2v) is 8.09. The van der Waals surface area contributed by atoms with Gasteiger partial charge in [0.05, 0.1) is 13.7 Å². The van der Waals surface area contributed by atoms with Crippen molar-refractivity contribution in [3.63, 3.8) is 0 Å². The van der Waals surface area contributed by atoms with E-state index in [-0.39, 0.29) is 5.91 Å². The molecule has 7 heteroatoms. The Kier molecular flexibility index (Phi) is 6.13. The SMILES string of the molecule is CCN(Cc1noc(C2CCC2)n1)C(=O)c1ccc(OC)c(CC2CCNC2)c1. The van der Waals surface area contributed by atoms with Crippen molar-refractivity contribution in [1.82, 2.24) is 20.4 Å². The first-order valence-corrected chi connectivity index (χ1v) is 10.7. The maximum absolute atomic E-state index is 13.2. The third-order valence-corrected chi connectivity index (χ3v) is 6.14. The number of hydrogen-bond donors (Lipinski definition) is 1. The van der Waals surface area contributed by atoms with E-state index >= 15 is 0 Å². The molecule has 0 bridgehead atoms. The summed E-state index contributed by atoms with van der Waals surface area (Å²) in [6.45, 7) is 4.99. The third kappa shape index (κ3) is 4.45. The van der Waals surface area contributed by atoms with Crippen LogP contribution in [0.3, 0.4) is 0 Å². The van der Waals surface area contributed by atoms with E-state index in [9.17, 15) is 4.79 Å². The second-order valence-electron chi connectivity index (χ2n) is 8.09. The number of nitrogens with zero attached hydrogens (tertiary/aromatic N) is 3. The molecule has 0 spiro atoms. The Morgan fingerprint density at radius 2 is 2.21 bits per heavy atom. The van der Waals surface area contributed by atoms with Crippen LogP contribution in [0.4, 0.5) is 0 Å². The first kappa shape index (κ1) is 19.9. The highest BCUT2D eigenvalue weighted by Crippen LogP contribution is 2.35. The molecule has 1 unspecified atom stereocenters. The summed E-state index contributed by atoms with van der Waals surface area (Å²) in [4.78, 5) is 19.4. The van der Waals surface area contributed by atoms with Crippen LogP contribution < -0.4 is 10.1 Å². The topological polar surface area (TPSA) is 80.5 Å². The van der Waals surface area contributed by atoms with Gasteiger partial charge in [-0.25, -0.2) is 0 Å². The van der Waals surface area contributed by atoms with Crippen LogP contribution in [0, 0.1) is 5.92 Å². The van der Waals surface area contributed by atoms with Gasteiger partial charge < -0.3 is 19.5 Å². The number of methoxy groups -OCH3 is 1. The van der Waals surface area contributed by atoms with Gasteiger partial charge in [0.25, 0.3) is 5.91 Å². The molecule has 1 saturated heterocycles. The Morgan fingerprint density at radius 3 is 2.86 bits per heavy atom. The normalized spacial score (nSPS) is 19.2. The number of hydrogen-bond acceptors (Lipinski definition) is 6. The molecule has 1 aliphatic carbocycles. The smallest absolute Gasteiger partial charge is 0.254 e. The quantitative estimate of drug-likeness (QED) is 0.736. The second kappa shape index (κ2) is 8.95. The molecule has 1 aromatic heterocycles. The minimum absolute atomic E-state index is 0.0176. The number of carbonyl (C=O) groups excluding carboxylic acids is 1. The Morgan fingerprint density at radius 1 is 1.34 bits per heavy atom. The summed E-state index contributed by atoms with van der Waals surface area (Å²) < 4.78 is 10.9. The van der Waals surface area contributed by atoms with Gasteiger partial charge in [-0.2, -0.15) is 4.98 Å². The van der Waals surface area contributed by atoms with E-state index in [1.807, 2.05) is 25.1 Å². The van der Waals surface area contributed by atoms with Crippen LogP contribution in [0.25, 0.3) is 0 Å². The van der Waals surface area contributed by atoms with E-state index in [1.54, 1.807) is 12.0 Å². The molecule has 4 rings (SSSR count). The Hall–Kier alpha value is -2.41. The van der Waals surface area contributed by atoms with Crippen LogP contribution in [0.1, 0.15) is 66.2 Å². The highest BCUT2D eigenvalue weighted by Gasteiger charge is 2.26. The van der Waals surface area contributed by atoms with E-state index in [1.165, 1.54) is 6.42 Å². The number of carbonyl (C=O) groups is 1. The van der Waals surface area contributed by atoms with Crippen molar-refractivity contribution in [2.75, 3.05) is 26.7 Å². The Bertz CT molecular complexity index is 840. The maximum Gasteiger partial charge on any atom is 0.254 e. The van der Waals surface area contributed by atoms with Crippen molar-refractivity contribution in [2.45, 2.75) is 51.5 Å². The summed E-state index contributed by atoms with van der Waals surface area (Å²) in [6, 6.07) is 5.73. The fourth-order valence-corrected chi connectivity index (χ4v) is 4.10. The summed E-state index contributed by atoms with van der Waals surface area (Å²) in [6.07, 6.45) is 5.52. The molecule has 29 heavy (non-hydrogen) atoms. The zero-order valence-electron chi connectivity index (χ0n) is 17.3. The van der Waals surface area contributed by atoms with Gasteiger partial charge in [0, 0.05) is 18.0 Å². The average Bonchev–Trinajstić information content (AvgIpc) is 3.36. The maximum atomic E-state index is 13.2. The zero-order chi connectivity index (χ0) is 20.2. The number of ether oxygens (including phenoxy) is 1. The van der Waals surface area contributed by atoms with Gasteiger partial charge in [0.2, 0.25) is 5.89 Å². The minimum Gasteiger partial charge on any atom is -0.496 e. The van der Waals surface area contributed by atoms with Crippen LogP contribution in [-0.2, 0) is 13.0 Å². The van der Waals surface area contributed by atoms with E-state index in [0.29, 0.717) is 42.2 Å². The summed E-state index contributed by atoms with van der Waals surface area (Å²) >= 11 is 0. The molecule has 1 N–H and O–H groups in total. The van der Waals surface area contributed by atoms with Crippen LogP contribution in [0.2, 0.25) is 0 Å². The number of aromatic nitrogens is 2. The largest absolute Gasteiger partial charge is 0.496 e. The molecular weight excluding hydrogens is 368 g/mol. The predicted molar refractivity (Wildman–Crippen MR) is 109 cm³/mol. The van der Waals surface area contributed by atoms with Gasteiger partial charge in [-0.3, -0.25) is 4.79 Å². The van der Waals surface area contributed by atoms with Crippen LogP contribution in [0.15, 0.2) is 22.7 Å². The van der Waals surface area contributed by atoms with Crippen molar-refractivity contribution >= 4 is 5.91 Å². The van der Waals surface area contributed by atoms with Crippen molar-refractivity contribution in [2.24, 2.45) is 5.92 Å². The molecule has 1 aliphatic heterocycles. The molecule has 1 atom stereocenters. The lowest BCUT2D eigenvalue weighted by atomic mass is 9.85. The molecule has 1 saturated carbocycles. The summed E-state index contributed by atoms with van der Waals surface area (Å²) in [7, 11) is 1.68. The molecule has 1 amide bonds. The lowest BCUT2D eigenvalue weighted by Crippen LogP contribution is -2.31. The van der Waals surface area contributed by atoms with Crippen LogP contribution >= 0.6 is 0 Å². The highest BCUT2D eigenvalue weighted by molar-refractivity contribution is 5.94. The molecule has 2 aliphatic rings. The van der Waals surface area contributed by atoms with Gasteiger partial charge in [0.1, 0.15) is 5.75 Å². The summed E-state index contributed by atoms with van der Waals surface area (Å²) in [5.41, 5.74) is 1.77. The molecule has 2 heterocycles. The Balaban J connectivity index is 1.47. The molecule has 7 nitrogen and oxygen atoms in total. The van der Waals surface area contributed by atoms with Crippen molar-refractivity contribution in [1.29, 1.82) is 0 Å². The molecule has 2 aromatic rings. The fraction of sp³-hybridized carbons (Fsp3) is 0.591. The van der Waals surface area contributed by atoms with Crippen molar-refractivity contribution in [3.8, 4) is 5.75 Å². The van der Waals surface area contributed by atoms with Crippen molar-refractivity contribution in [3.05, 3.63) is 41.0 Å². The Labute approximate surface area is 171 Å². The predicted octanol–water partition coefficient (Wildman–Crippen LogP) is 3.16. The minimum atomic E-state index is -0.0176. The van der Waals surface area contributed by atoms with Gasteiger partial charge in [-0.1, -0.05) is 11.6 Å². The molecule has 1 aromatic carbocycles. The molecular formula is C22H30N4O3. The van der Waals surface area contributed by atoms with Gasteiger partial charge >= 0.3 is 0 Å². The van der Waals surface area contributed by atoms with Gasteiger partial charge in [-0.05, 0) is 75.4 Å². The fourth-order valence-electron chi connectivity index (χ4n) is 4.10. The summed E-state index contributed by atoms with van der Waals surface area (Å²) in [5.74, 6) is 3.10. The van der Waals surface area contributed by atoms with Crippen LogP contribution in [-0.4, -0.2) is 47.7 Å². The highest BCUT2D eigenvalue weighted by atomic mass is 16.5. The van der Waals surface area contributed by atoms with E-state index in [4.69, 9.17) is 9.26 Å². The third-order valence-electron chi connectivity index (χ3n) is 6.14. The van der Waals surface area contributed by atoms with Gasteiger partial charge in [-0.15, -0.1) is 0 Å². The number of benzene rings is 1. The number of amides is 1. The van der Waals surface area contributed by atoms with Gasteiger partial charge in [0.15, 0.2) is 5.82 Å². The van der Waals surface area contributed by atoms with E-state index < -0.39 is 0 Å². The molecule has 156 valence electrons. The lowest BCUT2D eigenvalue weighted by Gasteiger charge is -2.21. The monoisotopic (exact) mass is 398 g/mol. The lowest BCUT2D eigenvalue weighted by molar-refractivity contribution is 0.0747. The first-order chi connectivity index (χ1) is 14.2. The zero-order valence-corrected chi connectivity index (χ0v) is 17.3. The first-order valence-electron chi connectivity index (χ1n) is 10.7. The number of nitrogens with one attached hydrogen (secondary N) is 1. The standard InChI is InChI=1S/C22H30N4O3/c1-3-26(14-20-24-21(29-25-20)16-5-4-6-16)22(27)17-7-8-19(28-2)18(12-17)11-15-9-10-23-13-15/h7-8,12,15-16,23H,3-6,9-11,13-14H2,1-2H3.